The van der Waals surface area contributed by atoms with E-state index in [-0.39, 0.29) is 12.1 Å². The zero-order valence-corrected chi connectivity index (χ0v) is 9.81. The maximum absolute atomic E-state index is 9.28. The van der Waals surface area contributed by atoms with E-state index in [1.54, 1.807) is 0 Å². The van der Waals surface area contributed by atoms with Crippen molar-refractivity contribution in [1.29, 1.82) is 0 Å². The van der Waals surface area contributed by atoms with Gasteiger partial charge in [0.15, 0.2) is 0 Å². The third-order valence-electron chi connectivity index (χ3n) is 2.75. The van der Waals surface area contributed by atoms with Crippen molar-refractivity contribution < 1.29 is 9.84 Å². The van der Waals surface area contributed by atoms with Gasteiger partial charge in [0.2, 0.25) is 0 Å². The molecule has 3 nitrogen and oxygen atoms in total. The Morgan fingerprint density at radius 2 is 1.79 bits per heavy atom. The first kappa shape index (κ1) is 13.9. The van der Waals surface area contributed by atoms with Gasteiger partial charge in [0.25, 0.3) is 0 Å². The van der Waals surface area contributed by atoms with Crippen molar-refractivity contribution >= 4 is 0 Å². The highest BCUT2D eigenvalue weighted by atomic mass is 16.5. The molecule has 2 N–H and O–H groups in total. The molecule has 0 bridgehead atoms. The lowest BCUT2D eigenvalue weighted by Gasteiger charge is -2.30. The van der Waals surface area contributed by atoms with Crippen LogP contribution < -0.4 is 5.32 Å². The van der Waals surface area contributed by atoms with Crippen LogP contribution in [0, 0.1) is 0 Å². The predicted molar refractivity (Wildman–Crippen MR) is 59.5 cm³/mol. The fraction of sp³-hybridized carbons (Fsp3) is 1.00. The SMILES string of the molecule is CCCOCCNC(CC)(CC)CO. The summed E-state index contributed by atoms with van der Waals surface area (Å²) in [6, 6.07) is 0. The van der Waals surface area contributed by atoms with Gasteiger partial charge < -0.3 is 15.2 Å². The number of rotatable bonds is 9. The lowest BCUT2D eigenvalue weighted by Crippen LogP contribution is -2.48. The summed E-state index contributed by atoms with van der Waals surface area (Å²) in [6.45, 7) is 8.88. The summed E-state index contributed by atoms with van der Waals surface area (Å²) in [5.41, 5.74) is -0.102. The lowest BCUT2D eigenvalue weighted by molar-refractivity contribution is 0.108. The van der Waals surface area contributed by atoms with Crippen LogP contribution in [-0.2, 0) is 4.74 Å². The van der Waals surface area contributed by atoms with E-state index >= 15 is 0 Å². The van der Waals surface area contributed by atoms with E-state index in [9.17, 15) is 5.11 Å². The van der Waals surface area contributed by atoms with Crippen LogP contribution in [-0.4, -0.2) is 37.0 Å². The third-order valence-corrected chi connectivity index (χ3v) is 2.75. The van der Waals surface area contributed by atoms with E-state index in [2.05, 4.69) is 26.1 Å². The minimum atomic E-state index is -0.102. The fourth-order valence-electron chi connectivity index (χ4n) is 1.41. The van der Waals surface area contributed by atoms with Crippen LogP contribution in [0.25, 0.3) is 0 Å². The highest BCUT2D eigenvalue weighted by molar-refractivity contribution is 4.84. The first-order chi connectivity index (χ1) is 6.74. The van der Waals surface area contributed by atoms with E-state index in [4.69, 9.17) is 4.74 Å². The van der Waals surface area contributed by atoms with Crippen LogP contribution >= 0.6 is 0 Å². The van der Waals surface area contributed by atoms with Gasteiger partial charge in [-0.25, -0.2) is 0 Å². The van der Waals surface area contributed by atoms with Crippen LogP contribution in [0.2, 0.25) is 0 Å². The second-order valence-electron chi connectivity index (χ2n) is 3.68. The molecule has 0 aliphatic heterocycles. The van der Waals surface area contributed by atoms with Crippen LogP contribution in [0.5, 0.6) is 0 Å². The maximum atomic E-state index is 9.28. The van der Waals surface area contributed by atoms with E-state index in [1.807, 2.05) is 0 Å². The van der Waals surface area contributed by atoms with E-state index in [0.717, 1.165) is 39.0 Å². The molecule has 0 saturated carbocycles. The predicted octanol–water partition coefficient (Wildman–Crippen LogP) is 1.55. The lowest BCUT2D eigenvalue weighted by atomic mass is 9.94. The average molecular weight is 203 g/mol. The molecular weight excluding hydrogens is 178 g/mol. The number of aliphatic hydroxyl groups is 1. The van der Waals surface area contributed by atoms with Crippen molar-refractivity contribution in [3.8, 4) is 0 Å². The number of ether oxygens (including phenoxy) is 1. The Labute approximate surface area is 87.8 Å². The van der Waals surface area contributed by atoms with Crippen molar-refractivity contribution in [2.45, 2.75) is 45.6 Å². The molecule has 0 amide bonds. The van der Waals surface area contributed by atoms with Crippen molar-refractivity contribution in [3.05, 3.63) is 0 Å². The number of hydrogen-bond donors (Lipinski definition) is 2. The maximum Gasteiger partial charge on any atom is 0.0613 e. The Bertz CT molecular complexity index is 116. The molecule has 3 heteroatoms. The van der Waals surface area contributed by atoms with Gasteiger partial charge in [0.1, 0.15) is 0 Å². The molecule has 86 valence electrons. The van der Waals surface area contributed by atoms with E-state index in [1.165, 1.54) is 0 Å². The Hall–Kier alpha value is -0.120. The Morgan fingerprint density at radius 1 is 1.14 bits per heavy atom. The largest absolute Gasteiger partial charge is 0.394 e. The molecular formula is C11H25NO2. The van der Waals surface area contributed by atoms with Gasteiger partial charge in [-0.05, 0) is 19.3 Å². The van der Waals surface area contributed by atoms with E-state index in [0.29, 0.717) is 0 Å². The molecule has 0 aromatic rings. The standard InChI is InChI=1S/C11H25NO2/c1-4-8-14-9-7-12-11(5-2,6-3)10-13/h12-13H,4-10H2,1-3H3. The number of hydrogen-bond acceptors (Lipinski definition) is 3. The zero-order valence-electron chi connectivity index (χ0n) is 9.81. The summed E-state index contributed by atoms with van der Waals surface area (Å²) in [4.78, 5) is 0. The Kier molecular flexibility index (Phi) is 8.14. The molecule has 0 atom stereocenters. The van der Waals surface area contributed by atoms with Gasteiger partial charge in [-0.3, -0.25) is 0 Å². The third kappa shape index (κ3) is 4.94. The van der Waals surface area contributed by atoms with Gasteiger partial charge in [-0.2, -0.15) is 0 Å². The highest BCUT2D eigenvalue weighted by Gasteiger charge is 2.23. The molecule has 0 heterocycles. The highest BCUT2D eigenvalue weighted by Crippen LogP contribution is 2.13. The van der Waals surface area contributed by atoms with Gasteiger partial charge in [-0.1, -0.05) is 20.8 Å². The Morgan fingerprint density at radius 3 is 2.21 bits per heavy atom. The molecule has 0 spiro atoms. The molecule has 0 unspecified atom stereocenters. The minimum Gasteiger partial charge on any atom is -0.394 e. The number of nitrogens with one attached hydrogen (secondary N) is 1. The van der Waals surface area contributed by atoms with Gasteiger partial charge in [-0.15, -0.1) is 0 Å². The smallest absolute Gasteiger partial charge is 0.0613 e. The fourth-order valence-corrected chi connectivity index (χ4v) is 1.41. The number of aliphatic hydroxyl groups excluding tert-OH is 1. The monoisotopic (exact) mass is 203 g/mol. The first-order valence-electron chi connectivity index (χ1n) is 5.68. The van der Waals surface area contributed by atoms with Crippen LogP contribution in [0.1, 0.15) is 40.0 Å². The van der Waals surface area contributed by atoms with Crippen molar-refractivity contribution in [3.63, 3.8) is 0 Å². The van der Waals surface area contributed by atoms with Crippen LogP contribution in [0.4, 0.5) is 0 Å². The summed E-state index contributed by atoms with van der Waals surface area (Å²) < 4.78 is 5.37. The molecule has 14 heavy (non-hydrogen) atoms. The second-order valence-corrected chi connectivity index (χ2v) is 3.68. The van der Waals surface area contributed by atoms with Crippen LogP contribution in [0.3, 0.4) is 0 Å². The quantitative estimate of drug-likeness (QED) is 0.559. The van der Waals surface area contributed by atoms with Crippen LogP contribution in [0.15, 0.2) is 0 Å². The molecule has 0 radical (unpaired) electrons. The summed E-state index contributed by atoms with van der Waals surface area (Å²) in [5, 5.41) is 12.6. The van der Waals surface area contributed by atoms with Gasteiger partial charge in [0, 0.05) is 18.7 Å². The average Bonchev–Trinajstić information content (AvgIpc) is 2.24. The summed E-state index contributed by atoms with van der Waals surface area (Å²) >= 11 is 0. The van der Waals surface area contributed by atoms with Gasteiger partial charge in [0.05, 0.1) is 13.2 Å². The first-order valence-corrected chi connectivity index (χ1v) is 5.68. The molecule has 0 aliphatic rings. The second kappa shape index (κ2) is 8.21. The molecule has 0 aliphatic carbocycles. The minimum absolute atomic E-state index is 0.102. The molecule has 0 aromatic heterocycles. The van der Waals surface area contributed by atoms with Gasteiger partial charge >= 0.3 is 0 Å². The normalized spacial score (nSPS) is 12.0. The Balaban J connectivity index is 3.61. The summed E-state index contributed by atoms with van der Waals surface area (Å²) in [7, 11) is 0. The molecule has 0 rings (SSSR count). The van der Waals surface area contributed by atoms with Crippen molar-refractivity contribution in [2.75, 3.05) is 26.4 Å². The van der Waals surface area contributed by atoms with E-state index < -0.39 is 0 Å². The molecule has 0 aromatic carbocycles. The molecule has 0 saturated heterocycles. The molecule has 0 fully saturated rings. The summed E-state index contributed by atoms with van der Waals surface area (Å²) in [6.07, 6.45) is 2.97. The van der Waals surface area contributed by atoms with Crippen molar-refractivity contribution in [2.24, 2.45) is 0 Å². The zero-order chi connectivity index (χ0) is 10.9. The van der Waals surface area contributed by atoms with Crippen molar-refractivity contribution in [1.82, 2.24) is 5.32 Å². The topological polar surface area (TPSA) is 41.5 Å². The summed E-state index contributed by atoms with van der Waals surface area (Å²) in [5.74, 6) is 0.